The first-order valence-electron chi connectivity index (χ1n) is 7.91. The molecule has 10 nitrogen and oxygen atoms in total. The molecule has 142 valence electrons. The Labute approximate surface area is 158 Å². The quantitative estimate of drug-likeness (QED) is 0.393. The lowest BCUT2D eigenvalue weighted by Crippen LogP contribution is -2.29. The van der Waals surface area contributed by atoms with E-state index in [0.717, 1.165) is 0 Å². The Bertz CT molecular complexity index is 1020. The minimum atomic E-state index is -0.924. The molecule has 0 fully saturated rings. The van der Waals surface area contributed by atoms with Gasteiger partial charge in [0.1, 0.15) is 5.75 Å². The zero-order valence-electron chi connectivity index (χ0n) is 14.5. The van der Waals surface area contributed by atoms with Gasteiger partial charge in [0.05, 0.1) is 23.8 Å². The summed E-state index contributed by atoms with van der Waals surface area (Å²) in [6.45, 7) is 0. The number of nitro groups is 1. The van der Waals surface area contributed by atoms with Crippen LogP contribution in [0.3, 0.4) is 0 Å². The summed E-state index contributed by atoms with van der Waals surface area (Å²) < 4.78 is 10.5. The molecule has 1 aromatic heterocycles. The van der Waals surface area contributed by atoms with Crippen molar-refractivity contribution in [3.8, 4) is 17.1 Å². The number of nitrogens with zero attached hydrogens (tertiary/aromatic N) is 2. The Morgan fingerprint density at radius 2 is 1.71 bits per heavy atom. The third kappa shape index (κ3) is 4.12. The van der Waals surface area contributed by atoms with Crippen molar-refractivity contribution in [2.45, 2.75) is 0 Å². The minimum absolute atomic E-state index is 0.124. The highest BCUT2D eigenvalue weighted by Crippen LogP contribution is 2.32. The number of aromatic nitrogens is 1. The van der Waals surface area contributed by atoms with E-state index in [9.17, 15) is 19.7 Å². The fourth-order valence-electron chi connectivity index (χ4n) is 2.36. The predicted octanol–water partition coefficient (Wildman–Crippen LogP) is 2.84. The van der Waals surface area contributed by atoms with Crippen molar-refractivity contribution in [3.05, 3.63) is 65.2 Å². The van der Waals surface area contributed by atoms with Gasteiger partial charge in [-0.05, 0) is 24.3 Å². The van der Waals surface area contributed by atoms with Crippen molar-refractivity contribution in [1.29, 1.82) is 0 Å². The molecule has 28 heavy (non-hydrogen) atoms. The summed E-state index contributed by atoms with van der Waals surface area (Å²) in [7, 11) is 1.46. The molecule has 2 amide bonds. The molecule has 0 saturated heterocycles. The number of amides is 2. The van der Waals surface area contributed by atoms with Crippen molar-refractivity contribution in [2.24, 2.45) is 0 Å². The van der Waals surface area contributed by atoms with E-state index in [-0.39, 0.29) is 11.4 Å². The van der Waals surface area contributed by atoms with Crippen LogP contribution >= 0.6 is 0 Å². The van der Waals surface area contributed by atoms with Crippen LogP contribution in [-0.4, -0.2) is 28.8 Å². The van der Waals surface area contributed by atoms with Crippen LogP contribution in [0.2, 0.25) is 0 Å². The summed E-state index contributed by atoms with van der Waals surface area (Å²) in [6.07, 6.45) is 2.81. The zero-order chi connectivity index (χ0) is 20.1. The number of anilines is 2. The summed E-state index contributed by atoms with van der Waals surface area (Å²) in [4.78, 5) is 38.0. The van der Waals surface area contributed by atoms with Gasteiger partial charge in [-0.2, -0.15) is 0 Å². The molecule has 3 aromatic rings. The molecule has 0 unspecified atom stereocenters. The van der Waals surface area contributed by atoms with Gasteiger partial charge in [0.25, 0.3) is 5.69 Å². The van der Waals surface area contributed by atoms with E-state index in [0.29, 0.717) is 22.8 Å². The van der Waals surface area contributed by atoms with Gasteiger partial charge in [-0.1, -0.05) is 0 Å². The highest BCUT2D eigenvalue weighted by Gasteiger charge is 2.16. The van der Waals surface area contributed by atoms with Crippen LogP contribution in [0.4, 0.5) is 17.1 Å². The molecule has 0 aliphatic carbocycles. The molecule has 1 heterocycles. The van der Waals surface area contributed by atoms with Crippen LogP contribution in [0.1, 0.15) is 0 Å². The molecule has 2 N–H and O–H groups in total. The monoisotopic (exact) mass is 382 g/mol. The third-order valence-electron chi connectivity index (χ3n) is 3.70. The van der Waals surface area contributed by atoms with Gasteiger partial charge in [-0.15, -0.1) is 0 Å². The van der Waals surface area contributed by atoms with Gasteiger partial charge in [0.2, 0.25) is 0 Å². The van der Waals surface area contributed by atoms with E-state index < -0.39 is 16.7 Å². The van der Waals surface area contributed by atoms with Crippen molar-refractivity contribution in [2.75, 3.05) is 17.7 Å². The first-order chi connectivity index (χ1) is 13.5. The smallest absolute Gasteiger partial charge is 0.314 e. The summed E-state index contributed by atoms with van der Waals surface area (Å²) in [6, 6.07) is 9.88. The fraction of sp³-hybridized carbons (Fsp3) is 0.0556. The lowest BCUT2D eigenvalue weighted by molar-refractivity contribution is -0.384. The Kier molecular flexibility index (Phi) is 5.30. The highest BCUT2D eigenvalue weighted by molar-refractivity contribution is 6.43. The van der Waals surface area contributed by atoms with Crippen LogP contribution in [0.15, 0.2) is 59.5 Å². The maximum atomic E-state index is 12.1. The Morgan fingerprint density at radius 3 is 2.29 bits per heavy atom. The summed E-state index contributed by atoms with van der Waals surface area (Å²) >= 11 is 0. The van der Waals surface area contributed by atoms with E-state index in [4.69, 9.17) is 9.15 Å². The van der Waals surface area contributed by atoms with E-state index in [1.54, 1.807) is 12.1 Å². The number of methoxy groups -OCH3 is 1. The van der Waals surface area contributed by atoms with Crippen molar-refractivity contribution in [3.63, 3.8) is 0 Å². The number of hydrogen-bond donors (Lipinski definition) is 2. The van der Waals surface area contributed by atoms with Gasteiger partial charge >= 0.3 is 11.8 Å². The van der Waals surface area contributed by atoms with Crippen LogP contribution < -0.4 is 15.4 Å². The van der Waals surface area contributed by atoms with E-state index in [2.05, 4.69) is 15.6 Å². The second kappa shape index (κ2) is 7.99. The maximum Gasteiger partial charge on any atom is 0.314 e. The number of nitro benzene ring substituents is 1. The molecule has 10 heteroatoms. The topological polar surface area (TPSA) is 137 Å². The van der Waals surface area contributed by atoms with E-state index in [1.807, 2.05) is 0 Å². The minimum Gasteiger partial charge on any atom is -0.496 e. The second-order valence-corrected chi connectivity index (χ2v) is 5.49. The lowest BCUT2D eigenvalue weighted by atomic mass is 10.1. The van der Waals surface area contributed by atoms with Gasteiger partial charge < -0.3 is 19.8 Å². The lowest BCUT2D eigenvalue weighted by Gasteiger charge is -2.10. The van der Waals surface area contributed by atoms with Gasteiger partial charge in [0.15, 0.2) is 12.2 Å². The number of nitrogens with one attached hydrogen (secondary N) is 2. The molecule has 0 spiro atoms. The largest absolute Gasteiger partial charge is 0.496 e. The average Bonchev–Trinajstić information content (AvgIpc) is 3.22. The number of oxazole rings is 1. The number of ether oxygens (including phenoxy) is 1. The molecule has 0 aliphatic rings. The van der Waals surface area contributed by atoms with Gasteiger partial charge in [-0.3, -0.25) is 19.7 Å². The number of rotatable bonds is 5. The van der Waals surface area contributed by atoms with Crippen molar-refractivity contribution < 1.29 is 23.7 Å². The predicted molar refractivity (Wildman–Crippen MR) is 98.8 cm³/mol. The summed E-state index contributed by atoms with van der Waals surface area (Å²) in [5, 5.41) is 15.4. The second-order valence-electron chi connectivity index (χ2n) is 5.49. The van der Waals surface area contributed by atoms with Crippen molar-refractivity contribution >= 4 is 28.9 Å². The average molecular weight is 382 g/mol. The van der Waals surface area contributed by atoms with Crippen LogP contribution in [-0.2, 0) is 9.59 Å². The molecule has 3 rings (SSSR count). The van der Waals surface area contributed by atoms with Crippen LogP contribution in [0, 0.1) is 10.1 Å². The summed E-state index contributed by atoms with van der Waals surface area (Å²) in [5.74, 6) is -0.920. The zero-order valence-corrected chi connectivity index (χ0v) is 14.5. The molecule has 0 bridgehead atoms. The SMILES string of the molecule is COc1cc(NC(=O)C(=O)Nc2ccc([N+](=O)[O-])cc2)ccc1-c1cnco1. The van der Waals surface area contributed by atoms with Crippen LogP contribution in [0.5, 0.6) is 5.75 Å². The Morgan fingerprint density at radius 1 is 1.07 bits per heavy atom. The molecular weight excluding hydrogens is 368 g/mol. The normalized spacial score (nSPS) is 10.2. The Hall–Kier alpha value is -4.21. The fourth-order valence-corrected chi connectivity index (χ4v) is 2.36. The first kappa shape index (κ1) is 18.6. The third-order valence-corrected chi connectivity index (χ3v) is 3.70. The van der Waals surface area contributed by atoms with Crippen LogP contribution in [0.25, 0.3) is 11.3 Å². The molecule has 0 radical (unpaired) electrons. The Balaban J connectivity index is 1.68. The highest BCUT2D eigenvalue weighted by atomic mass is 16.6. The van der Waals surface area contributed by atoms with Crippen molar-refractivity contribution in [1.82, 2.24) is 4.98 Å². The number of non-ortho nitro benzene ring substituents is 1. The number of hydrogen-bond acceptors (Lipinski definition) is 7. The molecule has 2 aromatic carbocycles. The molecular formula is C18H14N4O6. The maximum absolute atomic E-state index is 12.1. The standard InChI is InChI=1S/C18H14N4O6/c1-27-15-8-12(4-7-14(15)16-9-19-10-28-16)21-18(24)17(23)20-11-2-5-13(6-3-11)22(25)26/h2-10H,1H3,(H,20,23)(H,21,24). The number of carbonyl (C=O) groups excluding carboxylic acids is 2. The van der Waals surface area contributed by atoms with Gasteiger partial charge in [0, 0.05) is 29.6 Å². The number of carbonyl (C=O) groups is 2. The van der Waals surface area contributed by atoms with E-state index >= 15 is 0 Å². The molecule has 0 aliphatic heterocycles. The van der Waals surface area contributed by atoms with Gasteiger partial charge in [-0.25, -0.2) is 4.98 Å². The number of benzene rings is 2. The van der Waals surface area contributed by atoms with E-state index in [1.165, 1.54) is 50.0 Å². The summed E-state index contributed by atoms with van der Waals surface area (Å²) in [5.41, 5.74) is 1.10. The molecule has 0 saturated carbocycles. The molecule has 0 atom stereocenters. The first-order valence-corrected chi connectivity index (χ1v) is 7.91.